The molecule has 3 aromatic rings. The number of nitrogens with zero attached hydrogens (tertiary/aromatic N) is 2. The highest BCUT2D eigenvalue weighted by molar-refractivity contribution is 7.15. The summed E-state index contributed by atoms with van der Waals surface area (Å²) < 4.78 is 12.9. The van der Waals surface area contributed by atoms with E-state index >= 15 is 0 Å². The molecule has 0 bridgehead atoms. The van der Waals surface area contributed by atoms with Crippen LogP contribution in [-0.4, -0.2) is 16.1 Å². The minimum atomic E-state index is -0.343. The molecule has 8 heteroatoms. The number of carbonyl (C=O) groups is 1. The highest BCUT2D eigenvalue weighted by Gasteiger charge is 2.14. The van der Waals surface area contributed by atoms with Gasteiger partial charge in [-0.05, 0) is 47.7 Å². The van der Waals surface area contributed by atoms with E-state index in [0.29, 0.717) is 10.0 Å². The van der Waals surface area contributed by atoms with Crippen LogP contribution in [0.3, 0.4) is 0 Å². The summed E-state index contributed by atoms with van der Waals surface area (Å²) in [5.74, 6) is -0.656. The summed E-state index contributed by atoms with van der Waals surface area (Å²) in [7, 11) is 0. The summed E-state index contributed by atoms with van der Waals surface area (Å²) in [6.45, 7) is 2.28. The Labute approximate surface area is 157 Å². The monoisotopic (exact) mass is 393 g/mol. The van der Waals surface area contributed by atoms with Gasteiger partial charge in [-0.2, -0.15) is 0 Å². The number of amides is 1. The molecule has 0 saturated heterocycles. The van der Waals surface area contributed by atoms with Crippen LogP contribution < -0.4 is 5.32 Å². The molecule has 1 amide bonds. The minimum absolute atomic E-state index is 0.228. The van der Waals surface area contributed by atoms with Crippen LogP contribution in [0.25, 0.3) is 11.1 Å². The van der Waals surface area contributed by atoms with Crippen LogP contribution in [0, 0.1) is 12.7 Å². The summed E-state index contributed by atoms with van der Waals surface area (Å²) in [4.78, 5) is 13.2. The fourth-order valence-electron chi connectivity index (χ4n) is 1.98. The lowest BCUT2D eigenvalue weighted by molar-refractivity contribution is 0.0950. The first-order valence-corrected chi connectivity index (χ1v) is 9.38. The Balaban J connectivity index is 1.66. The van der Waals surface area contributed by atoms with E-state index in [0.717, 1.165) is 27.3 Å². The Hall–Kier alpha value is -2.09. The van der Waals surface area contributed by atoms with Crippen molar-refractivity contribution in [3.05, 3.63) is 67.5 Å². The number of aromatic nitrogens is 2. The molecule has 0 spiro atoms. The van der Waals surface area contributed by atoms with Crippen LogP contribution >= 0.6 is 34.3 Å². The molecule has 0 unspecified atom stereocenters. The maximum Gasteiger partial charge on any atom is 0.282 e. The third kappa shape index (κ3) is 4.50. The standard InChI is InChI=1S/C17H13ClFN3OS2/c1-10-6-7-24-14(10)8-13(18)16-21-22-17(25-16)15(23)20-9-11-2-4-12(19)5-3-11/h2-8H,9H2,1H3,(H,20,23). The van der Waals surface area contributed by atoms with Crippen molar-refractivity contribution in [3.8, 4) is 0 Å². The molecule has 0 aliphatic rings. The first-order chi connectivity index (χ1) is 12.0. The van der Waals surface area contributed by atoms with Gasteiger partial charge in [-0.15, -0.1) is 21.5 Å². The summed E-state index contributed by atoms with van der Waals surface area (Å²) in [5, 5.41) is 13.7. The number of carbonyl (C=O) groups excluding carboxylic acids is 1. The second kappa shape index (κ2) is 7.86. The van der Waals surface area contributed by atoms with Gasteiger partial charge in [0, 0.05) is 11.4 Å². The van der Waals surface area contributed by atoms with E-state index in [1.807, 2.05) is 24.4 Å². The van der Waals surface area contributed by atoms with Crippen LogP contribution in [0.1, 0.15) is 30.8 Å². The first kappa shape index (κ1) is 17.7. The summed E-state index contributed by atoms with van der Waals surface area (Å²) in [6.07, 6.45) is 1.82. The summed E-state index contributed by atoms with van der Waals surface area (Å²) in [6, 6.07) is 7.94. The molecule has 4 nitrogen and oxygen atoms in total. The first-order valence-electron chi connectivity index (χ1n) is 7.31. The van der Waals surface area contributed by atoms with E-state index in [2.05, 4.69) is 15.5 Å². The molecule has 0 fully saturated rings. The molecule has 0 aliphatic heterocycles. The van der Waals surface area contributed by atoms with Gasteiger partial charge in [0.2, 0.25) is 5.01 Å². The van der Waals surface area contributed by atoms with Crippen molar-refractivity contribution in [3.63, 3.8) is 0 Å². The van der Waals surface area contributed by atoms with Crippen molar-refractivity contribution in [2.75, 3.05) is 0 Å². The Morgan fingerprint density at radius 1 is 1.24 bits per heavy atom. The number of rotatable bonds is 5. The zero-order valence-electron chi connectivity index (χ0n) is 13.1. The summed E-state index contributed by atoms with van der Waals surface area (Å²) in [5.41, 5.74) is 1.93. The van der Waals surface area contributed by atoms with E-state index in [1.54, 1.807) is 23.5 Å². The number of aryl methyl sites for hydroxylation is 1. The van der Waals surface area contributed by atoms with Crippen molar-refractivity contribution in [2.45, 2.75) is 13.5 Å². The lowest BCUT2D eigenvalue weighted by Crippen LogP contribution is -2.22. The molecular weight excluding hydrogens is 381 g/mol. The topological polar surface area (TPSA) is 54.9 Å². The second-order valence-electron chi connectivity index (χ2n) is 5.18. The molecule has 2 aromatic heterocycles. The van der Waals surface area contributed by atoms with Crippen LogP contribution in [0.5, 0.6) is 0 Å². The average molecular weight is 394 g/mol. The zero-order chi connectivity index (χ0) is 17.8. The second-order valence-corrected chi connectivity index (χ2v) is 7.51. The van der Waals surface area contributed by atoms with Crippen molar-refractivity contribution in [2.24, 2.45) is 0 Å². The van der Waals surface area contributed by atoms with E-state index in [1.165, 1.54) is 12.1 Å². The van der Waals surface area contributed by atoms with Gasteiger partial charge >= 0.3 is 0 Å². The van der Waals surface area contributed by atoms with Crippen molar-refractivity contribution in [1.82, 2.24) is 15.5 Å². The van der Waals surface area contributed by atoms with Crippen LogP contribution in [0.4, 0.5) is 4.39 Å². The predicted octanol–water partition coefficient (Wildman–Crippen LogP) is 4.71. The number of hydrogen-bond acceptors (Lipinski definition) is 5. The third-order valence-corrected chi connectivity index (χ3v) is 5.67. The largest absolute Gasteiger partial charge is 0.346 e. The molecule has 25 heavy (non-hydrogen) atoms. The molecule has 128 valence electrons. The van der Waals surface area contributed by atoms with Gasteiger partial charge in [0.05, 0.1) is 5.03 Å². The zero-order valence-corrected chi connectivity index (χ0v) is 15.5. The highest BCUT2D eigenvalue weighted by atomic mass is 35.5. The smallest absolute Gasteiger partial charge is 0.282 e. The van der Waals surface area contributed by atoms with Gasteiger partial charge in [-0.3, -0.25) is 4.79 Å². The Bertz CT molecular complexity index is 918. The Kier molecular flexibility index (Phi) is 5.57. The fraction of sp³-hybridized carbons (Fsp3) is 0.118. The minimum Gasteiger partial charge on any atom is -0.346 e. The van der Waals surface area contributed by atoms with Crippen LogP contribution in [-0.2, 0) is 6.54 Å². The van der Waals surface area contributed by atoms with Gasteiger partial charge in [-0.1, -0.05) is 35.1 Å². The van der Waals surface area contributed by atoms with Gasteiger partial charge < -0.3 is 5.32 Å². The van der Waals surface area contributed by atoms with Gasteiger partial charge in [0.1, 0.15) is 5.82 Å². The lowest BCUT2D eigenvalue weighted by Gasteiger charge is -2.02. The molecule has 1 N–H and O–H groups in total. The Morgan fingerprint density at radius 2 is 1.96 bits per heavy atom. The normalized spacial score (nSPS) is 11.6. The molecule has 0 saturated carbocycles. The summed E-state index contributed by atoms with van der Waals surface area (Å²) >= 11 is 8.99. The van der Waals surface area contributed by atoms with Crippen LogP contribution in [0.15, 0.2) is 35.7 Å². The predicted molar refractivity (Wildman–Crippen MR) is 100 cm³/mol. The lowest BCUT2D eigenvalue weighted by atomic mass is 10.2. The van der Waals surface area contributed by atoms with E-state index in [9.17, 15) is 9.18 Å². The number of halogens is 2. The number of hydrogen-bond donors (Lipinski definition) is 1. The maximum atomic E-state index is 12.9. The number of nitrogens with one attached hydrogen (secondary N) is 1. The van der Waals surface area contributed by atoms with E-state index in [4.69, 9.17) is 11.6 Å². The quantitative estimate of drug-likeness (QED) is 0.682. The molecule has 0 aliphatic carbocycles. The number of thiophene rings is 1. The maximum absolute atomic E-state index is 12.9. The molecule has 0 atom stereocenters. The van der Waals surface area contributed by atoms with Gasteiger partial charge in [-0.25, -0.2) is 4.39 Å². The van der Waals surface area contributed by atoms with E-state index < -0.39 is 0 Å². The van der Waals surface area contributed by atoms with Gasteiger partial charge in [0.25, 0.3) is 5.91 Å². The SMILES string of the molecule is Cc1ccsc1C=C(Cl)c1nnc(C(=O)NCc2ccc(F)cc2)s1. The van der Waals surface area contributed by atoms with Crippen molar-refractivity contribution < 1.29 is 9.18 Å². The molecular formula is C17H13ClFN3OS2. The highest BCUT2D eigenvalue weighted by Crippen LogP contribution is 2.28. The number of benzene rings is 1. The fourth-order valence-corrected chi connectivity index (χ4v) is 3.83. The molecule has 1 aromatic carbocycles. The van der Waals surface area contributed by atoms with Crippen molar-refractivity contribution in [1.29, 1.82) is 0 Å². The Morgan fingerprint density at radius 3 is 2.64 bits per heavy atom. The average Bonchev–Trinajstić information content (AvgIpc) is 3.24. The van der Waals surface area contributed by atoms with Gasteiger partial charge in [0.15, 0.2) is 5.01 Å². The van der Waals surface area contributed by atoms with E-state index in [-0.39, 0.29) is 23.3 Å². The third-order valence-electron chi connectivity index (χ3n) is 3.35. The molecule has 3 rings (SSSR count). The van der Waals surface area contributed by atoms with Crippen molar-refractivity contribution >= 4 is 51.3 Å². The van der Waals surface area contributed by atoms with Crippen LogP contribution in [0.2, 0.25) is 0 Å². The molecule has 2 heterocycles. The molecule has 0 radical (unpaired) electrons.